The number of imide groups is 1. The van der Waals surface area contributed by atoms with Crippen molar-refractivity contribution in [1.29, 1.82) is 0 Å². The van der Waals surface area contributed by atoms with E-state index in [-0.39, 0.29) is 24.1 Å². The maximum atomic E-state index is 11.8. The second kappa shape index (κ2) is 10.5. The van der Waals surface area contributed by atoms with Crippen LogP contribution in [0.3, 0.4) is 0 Å². The number of carboxylic acid groups (broad SMARTS) is 1. The van der Waals surface area contributed by atoms with E-state index in [9.17, 15) is 19.2 Å². The predicted molar refractivity (Wildman–Crippen MR) is 86.8 cm³/mol. The molecule has 0 spiro atoms. The number of carboxylic acids is 1. The number of carbonyl (C=O) groups excluding carboxylic acids is 3. The summed E-state index contributed by atoms with van der Waals surface area (Å²) in [7, 11) is 0. The zero-order valence-corrected chi connectivity index (χ0v) is 13.7. The maximum Gasteiger partial charge on any atom is 0.326 e. The number of nitrogens with one attached hydrogen (secondary N) is 1. The van der Waals surface area contributed by atoms with Crippen molar-refractivity contribution < 1.29 is 24.3 Å². The fourth-order valence-electron chi connectivity index (χ4n) is 2.40. The normalized spacial score (nSPS) is 15.0. The highest BCUT2D eigenvalue weighted by atomic mass is 16.4. The molecule has 0 aromatic carbocycles. The summed E-state index contributed by atoms with van der Waals surface area (Å²) in [5.41, 5.74) is 5.36. The Balaban J connectivity index is 2.17. The van der Waals surface area contributed by atoms with E-state index in [2.05, 4.69) is 5.32 Å². The van der Waals surface area contributed by atoms with Crippen molar-refractivity contribution in [3.63, 3.8) is 0 Å². The zero-order chi connectivity index (χ0) is 17.9. The summed E-state index contributed by atoms with van der Waals surface area (Å²) < 4.78 is 0. The molecule has 4 N–H and O–H groups in total. The van der Waals surface area contributed by atoms with Crippen LogP contribution in [0.25, 0.3) is 0 Å². The average Bonchev–Trinajstić information content (AvgIpc) is 2.85. The van der Waals surface area contributed by atoms with Gasteiger partial charge in [-0.2, -0.15) is 0 Å². The number of nitrogens with zero attached hydrogens (tertiary/aromatic N) is 1. The molecule has 134 valence electrons. The van der Waals surface area contributed by atoms with E-state index in [4.69, 9.17) is 10.8 Å². The van der Waals surface area contributed by atoms with Gasteiger partial charge in [-0.3, -0.25) is 19.3 Å². The number of nitrogens with two attached hydrogens (primary N) is 1. The minimum Gasteiger partial charge on any atom is -0.480 e. The van der Waals surface area contributed by atoms with E-state index in [1.165, 1.54) is 12.2 Å². The molecule has 1 aliphatic heterocycles. The van der Waals surface area contributed by atoms with E-state index in [1.54, 1.807) is 0 Å². The van der Waals surface area contributed by atoms with Gasteiger partial charge < -0.3 is 16.2 Å². The number of aliphatic carboxylic acids is 1. The molecule has 0 aromatic rings. The van der Waals surface area contributed by atoms with Crippen LogP contribution in [0, 0.1) is 0 Å². The molecule has 1 rings (SSSR count). The van der Waals surface area contributed by atoms with Gasteiger partial charge in [0, 0.05) is 25.1 Å². The van der Waals surface area contributed by atoms with Crippen LogP contribution < -0.4 is 11.1 Å². The van der Waals surface area contributed by atoms with Gasteiger partial charge >= 0.3 is 5.97 Å². The van der Waals surface area contributed by atoms with Crippen molar-refractivity contribution in [3.8, 4) is 0 Å². The molecule has 1 aliphatic rings. The van der Waals surface area contributed by atoms with Gasteiger partial charge in [-0.25, -0.2) is 4.79 Å². The summed E-state index contributed by atoms with van der Waals surface area (Å²) in [6.45, 7) is 0.834. The molecule has 0 fully saturated rings. The van der Waals surface area contributed by atoms with E-state index < -0.39 is 12.0 Å². The molecular weight excluding hydrogens is 314 g/mol. The van der Waals surface area contributed by atoms with E-state index in [0.29, 0.717) is 45.2 Å². The first-order valence-electron chi connectivity index (χ1n) is 8.21. The van der Waals surface area contributed by atoms with Crippen LogP contribution in [0.2, 0.25) is 0 Å². The molecule has 24 heavy (non-hydrogen) atoms. The lowest BCUT2D eigenvalue weighted by molar-refractivity contribution is -0.142. The van der Waals surface area contributed by atoms with Gasteiger partial charge in [0.05, 0.1) is 0 Å². The number of rotatable bonds is 12. The fraction of sp³-hybridized carbons (Fsp3) is 0.625. The number of hydrogen-bond donors (Lipinski definition) is 3. The average molecular weight is 339 g/mol. The van der Waals surface area contributed by atoms with Gasteiger partial charge in [0.2, 0.25) is 5.91 Å². The molecule has 0 unspecified atom stereocenters. The lowest BCUT2D eigenvalue weighted by Gasteiger charge is -2.15. The van der Waals surface area contributed by atoms with Gasteiger partial charge in [0.25, 0.3) is 11.8 Å². The second-order valence-corrected chi connectivity index (χ2v) is 5.71. The topological polar surface area (TPSA) is 130 Å². The van der Waals surface area contributed by atoms with Crippen molar-refractivity contribution in [1.82, 2.24) is 10.2 Å². The molecular formula is C16H25N3O5. The fourth-order valence-corrected chi connectivity index (χ4v) is 2.40. The molecule has 0 radical (unpaired) electrons. The summed E-state index contributed by atoms with van der Waals surface area (Å²) in [6.07, 6.45) is 6.32. The molecule has 1 heterocycles. The first-order chi connectivity index (χ1) is 11.5. The van der Waals surface area contributed by atoms with Crippen molar-refractivity contribution in [2.75, 3.05) is 13.1 Å². The number of hydrogen-bond acceptors (Lipinski definition) is 5. The Morgan fingerprint density at radius 3 is 2.33 bits per heavy atom. The van der Waals surface area contributed by atoms with Crippen molar-refractivity contribution in [2.45, 2.75) is 51.0 Å². The van der Waals surface area contributed by atoms with Crippen LogP contribution in [0.15, 0.2) is 12.2 Å². The van der Waals surface area contributed by atoms with Crippen molar-refractivity contribution in [3.05, 3.63) is 12.2 Å². The molecule has 0 aliphatic carbocycles. The van der Waals surface area contributed by atoms with Gasteiger partial charge in [0.1, 0.15) is 6.04 Å². The zero-order valence-electron chi connectivity index (χ0n) is 13.7. The lowest BCUT2D eigenvalue weighted by atomic mass is 10.1. The first-order valence-corrected chi connectivity index (χ1v) is 8.21. The monoisotopic (exact) mass is 339 g/mol. The lowest BCUT2D eigenvalue weighted by Crippen LogP contribution is -2.40. The first kappa shape index (κ1) is 19.8. The van der Waals surface area contributed by atoms with Crippen molar-refractivity contribution >= 4 is 23.7 Å². The minimum atomic E-state index is -1.04. The molecule has 3 amide bonds. The molecule has 0 saturated carbocycles. The third kappa shape index (κ3) is 6.91. The van der Waals surface area contributed by atoms with E-state index in [0.717, 1.165) is 11.3 Å². The Labute approximate surface area is 141 Å². The Kier molecular flexibility index (Phi) is 8.70. The molecule has 0 saturated heterocycles. The van der Waals surface area contributed by atoms with Crippen LogP contribution in [0.5, 0.6) is 0 Å². The molecule has 8 nitrogen and oxygen atoms in total. The second-order valence-electron chi connectivity index (χ2n) is 5.71. The standard InChI is InChI=1S/C16H25N3O5/c17-10-4-3-6-12(16(23)24)18-13(20)7-2-1-5-11-19-14(21)8-9-15(19)22/h8-9,12H,1-7,10-11,17H2,(H,18,20)(H,23,24)/t12-/m1/s1. The van der Waals surface area contributed by atoms with Crippen molar-refractivity contribution in [2.24, 2.45) is 5.73 Å². The van der Waals surface area contributed by atoms with Crippen LogP contribution in [-0.4, -0.2) is 52.8 Å². The molecule has 1 atom stereocenters. The summed E-state index contributed by atoms with van der Waals surface area (Å²) in [6, 6.07) is -0.880. The van der Waals surface area contributed by atoms with E-state index >= 15 is 0 Å². The van der Waals surface area contributed by atoms with E-state index in [1.807, 2.05) is 0 Å². The number of unbranched alkanes of at least 4 members (excludes halogenated alkanes) is 3. The summed E-state index contributed by atoms with van der Waals surface area (Å²) >= 11 is 0. The third-order valence-electron chi connectivity index (χ3n) is 3.77. The molecule has 8 heteroatoms. The van der Waals surface area contributed by atoms with Crippen LogP contribution >= 0.6 is 0 Å². The summed E-state index contributed by atoms with van der Waals surface area (Å²) in [5, 5.41) is 11.6. The summed E-state index contributed by atoms with van der Waals surface area (Å²) in [5.74, 6) is -1.96. The Bertz CT molecular complexity index is 486. The molecule has 0 aromatic heterocycles. The highest BCUT2D eigenvalue weighted by molar-refractivity contribution is 6.12. The third-order valence-corrected chi connectivity index (χ3v) is 3.77. The Morgan fingerprint density at radius 1 is 1.08 bits per heavy atom. The Hall–Kier alpha value is -2.22. The van der Waals surface area contributed by atoms with Gasteiger partial charge in [-0.05, 0) is 38.6 Å². The maximum absolute atomic E-state index is 11.8. The Morgan fingerprint density at radius 2 is 1.75 bits per heavy atom. The van der Waals surface area contributed by atoms with Crippen LogP contribution in [0.1, 0.15) is 44.9 Å². The van der Waals surface area contributed by atoms with Gasteiger partial charge in [-0.1, -0.05) is 6.42 Å². The highest BCUT2D eigenvalue weighted by Gasteiger charge is 2.22. The van der Waals surface area contributed by atoms with Gasteiger partial charge in [-0.15, -0.1) is 0 Å². The quantitative estimate of drug-likeness (QED) is 0.343. The molecule has 0 bridgehead atoms. The largest absolute Gasteiger partial charge is 0.480 e. The smallest absolute Gasteiger partial charge is 0.326 e. The van der Waals surface area contributed by atoms with Crippen LogP contribution in [0.4, 0.5) is 0 Å². The predicted octanol–water partition coefficient (Wildman–Crippen LogP) is 0.170. The number of carbonyl (C=O) groups is 4. The SMILES string of the molecule is NCCCC[C@@H](NC(=O)CCCCCN1C(=O)C=CC1=O)C(=O)O. The van der Waals surface area contributed by atoms with Crippen LogP contribution in [-0.2, 0) is 19.2 Å². The summed E-state index contributed by atoms with van der Waals surface area (Å²) in [4.78, 5) is 46.7. The van der Waals surface area contributed by atoms with Gasteiger partial charge in [0.15, 0.2) is 0 Å². The highest BCUT2D eigenvalue weighted by Crippen LogP contribution is 2.08. The minimum absolute atomic E-state index is 0.223. The number of amides is 3.